The molecule has 0 aromatic carbocycles. The molecule has 1 rings (SSSR count). The molecule has 0 spiro atoms. The first-order chi connectivity index (χ1) is 8.00. The Morgan fingerprint density at radius 1 is 1.59 bits per heavy atom. The van der Waals surface area contributed by atoms with Crippen molar-refractivity contribution >= 4 is 33.2 Å². The number of esters is 1. The second-order valence-electron chi connectivity index (χ2n) is 2.94. The molecule has 0 aliphatic rings. The largest absolute Gasteiger partial charge is 0.465 e. The quantitative estimate of drug-likeness (QED) is 0.621. The molecule has 0 unspecified atom stereocenters. The van der Waals surface area contributed by atoms with Crippen molar-refractivity contribution in [3.8, 4) is 0 Å². The van der Waals surface area contributed by atoms with Crippen molar-refractivity contribution in [3.05, 3.63) is 16.3 Å². The van der Waals surface area contributed by atoms with E-state index in [0.29, 0.717) is 0 Å². The number of carbonyl (C=O) groups excluding carboxylic acids is 1. The van der Waals surface area contributed by atoms with Crippen LogP contribution in [-0.2, 0) is 14.9 Å². The van der Waals surface area contributed by atoms with Gasteiger partial charge in [-0.1, -0.05) is 0 Å². The molecule has 9 heteroatoms. The first kappa shape index (κ1) is 13.9. The molecule has 0 fully saturated rings. The summed E-state index contributed by atoms with van der Waals surface area (Å²) in [5.74, 6) is -0.587. The maximum Gasteiger partial charge on any atom is 0.350 e. The van der Waals surface area contributed by atoms with E-state index in [1.54, 1.807) is 5.38 Å². The number of nitrogens with two attached hydrogens (primary N) is 1. The van der Waals surface area contributed by atoms with Crippen molar-refractivity contribution in [2.24, 2.45) is 5.73 Å². The van der Waals surface area contributed by atoms with E-state index in [1.165, 1.54) is 13.2 Å². The monoisotopic (exact) mass is 279 g/mol. The van der Waals surface area contributed by atoms with Crippen LogP contribution in [0.1, 0.15) is 9.67 Å². The zero-order chi connectivity index (χ0) is 12.9. The van der Waals surface area contributed by atoms with E-state index >= 15 is 0 Å². The third kappa shape index (κ3) is 3.97. The van der Waals surface area contributed by atoms with Gasteiger partial charge < -0.3 is 10.5 Å². The molecule has 1 aromatic heterocycles. The van der Waals surface area contributed by atoms with Gasteiger partial charge in [-0.25, -0.2) is 4.79 Å². The number of thiophene rings is 1. The highest BCUT2D eigenvalue weighted by Gasteiger charge is 2.17. The zero-order valence-corrected chi connectivity index (χ0v) is 10.7. The van der Waals surface area contributed by atoms with E-state index in [9.17, 15) is 13.2 Å². The van der Waals surface area contributed by atoms with E-state index in [-0.39, 0.29) is 23.7 Å². The topological polar surface area (TPSA) is 111 Å². The van der Waals surface area contributed by atoms with Gasteiger partial charge >= 0.3 is 5.97 Å². The minimum atomic E-state index is -3.71. The molecule has 17 heavy (non-hydrogen) atoms. The summed E-state index contributed by atoms with van der Waals surface area (Å²) in [6.07, 6.45) is 0. The Hall–Kier alpha value is -1.16. The predicted octanol–water partition coefficient (Wildman–Crippen LogP) is -0.260. The molecule has 7 nitrogen and oxygen atoms in total. The highest BCUT2D eigenvalue weighted by atomic mass is 32.2. The summed E-state index contributed by atoms with van der Waals surface area (Å²) in [5, 5.41) is 1.59. The lowest BCUT2D eigenvalue weighted by Crippen LogP contribution is -2.34. The van der Waals surface area contributed by atoms with Gasteiger partial charge in [0.15, 0.2) is 0 Å². The lowest BCUT2D eigenvalue weighted by Gasteiger charge is -2.08. The number of methoxy groups -OCH3 is 1. The van der Waals surface area contributed by atoms with Crippen molar-refractivity contribution in [3.63, 3.8) is 0 Å². The van der Waals surface area contributed by atoms with Crippen LogP contribution in [-0.4, -0.2) is 34.6 Å². The number of nitrogens with one attached hydrogen (secondary N) is 2. The molecular formula is C8H13N3O4S2. The Balaban J connectivity index is 2.82. The zero-order valence-electron chi connectivity index (χ0n) is 9.10. The second-order valence-corrected chi connectivity index (χ2v) is 5.36. The minimum Gasteiger partial charge on any atom is -0.465 e. The molecule has 0 aliphatic carbocycles. The van der Waals surface area contributed by atoms with Gasteiger partial charge in [-0.05, 0) is 11.4 Å². The van der Waals surface area contributed by atoms with Crippen LogP contribution in [0.15, 0.2) is 11.4 Å². The fourth-order valence-electron chi connectivity index (χ4n) is 1.01. The van der Waals surface area contributed by atoms with Crippen LogP contribution < -0.4 is 15.2 Å². The van der Waals surface area contributed by atoms with Gasteiger partial charge in [0.05, 0.1) is 12.8 Å². The van der Waals surface area contributed by atoms with Gasteiger partial charge in [-0.3, -0.25) is 4.72 Å². The first-order valence-electron chi connectivity index (χ1n) is 4.63. The Labute approximate surface area is 103 Å². The van der Waals surface area contributed by atoms with Crippen molar-refractivity contribution in [2.75, 3.05) is 24.9 Å². The normalized spacial score (nSPS) is 11.2. The van der Waals surface area contributed by atoms with Gasteiger partial charge in [0.25, 0.3) is 10.2 Å². The molecule has 0 radical (unpaired) electrons. The molecule has 0 amide bonds. The van der Waals surface area contributed by atoms with Gasteiger partial charge in [-0.2, -0.15) is 13.1 Å². The molecule has 1 aromatic rings. The van der Waals surface area contributed by atoms with Gasteiger partial charge in [0.1, 0.15) is 4.88 Å². The van der Waals surface area contributed by atoms with Crippen LogP contribution in [0, 0.1) is 0 Å². The van der Waals surface area contributed by atoms with Crippen molar-refractivity contribution in [1.82, 2.24) is 4.72 Å². The predicted molar refractivity (Wildman–Crippen MR) is 65.3 cm³/mol. The highest BCUT2D eigenvalue weighted by Crippen LogP contribution is 2.23. The van der Waals surface area contributed by atoms with Crippen LogP contribution in [0.2, 0.25) is 0 Å². The summed E-state index contributed by atoms with van der Waals surface area (Å²) < 4.78 is 32.0. The van der Waals surface area contributed by atoms with E-state index in [0.717, 1.165) is 11.3 Å². The molecular weight excluding hydrogens is 266 g/mol. The number of carbonyl (C=O) groups is 1. The van der Waals surface area contributed by atoms with Crippen LogP contribution in [0.4, 0.5) is 5.69 Å². The van der Waals surface area contributed by atoms with Crippen molar-refractivity contribution < 1.29 is 17.9 Å². The Bertz CT molecular complexity index is 483. The molecule has 96 valence electrons. The molecule has 0 saturated carbocycles. The fraction of sp³-hybridized carbons (Fsp3) is 0.375. The standard InChI is InChI=1S/C8H13N3O4S2/c1-15-8(12)7-6(2-5-16-7)11-17(13,14)10-4-3-9/h2,5,10-11H,3-4,9H2,1H3. The highest BCUT2D eigenvalue weighted by molar-refractivity contribution is 7.90. The summed E-state index contributed by atoms with van der Waals surface area (Å²) >= 11 is 1.09. The third-order valence-electron chi connectivity index (χ3n) is 1.72. The summed E-state index contributed by atoms with van der Waals surface area (Å²) in [4.78, 5) is 11.5. The fourth-order valence-corrected chi connectivity index (χ4v) is 2.76. The summed E-state index contributed by atoms with van der Waals surface area (Å²) in [7, 11) is -2.48. The Kier molecular flexibility index (Phi) is 4.87. The van der Waals surface area contributed by atoms with Crippen molar-refractivity contribution in [2.45, 2.75) is 0 Å². The van der Waals surface area contributed by atoms with Crippen LogP contribution in [0.5, 0.6) is 0 Å². The molecule has 0 bridgehead atoms. The van der Waals surface area contributed by atoms with E-state index in [4.69, 9.17) is 5.73 Å². The lowest BCUT2D eigenvalue weighted by molar-refractivity contribution is 0.0607. The van der Waals surface area contributed by atoms with E-state index in [2.05, 4.69) is 14.2 Å². The Morgan fingerprint density at radius 2 is 2.29 bits per heavy atom. The van der Waals surface area contributed by atoms with Crippen LogP contribution in [0.3, 0.4) is 0 Å². The third-order valence-corrected chi connectivity index (χ3v) is 3.68. The molecule has 0 saturated heterocycles. The van der Waals surface area contributed by atoms with E-state index in [1.807, 2.05) is 0 Å². The lowest BCUT2D eigenvalue weighted by atomic mass is 10.4. The number of rotatable bonds is 6. The minimum absolute atomic E-state index is 0.118. The molecule has 0 atom stereocenters. The maximum atomic E-state index is 11.5. The average Bonchev–Trinajstić information content (AvgIpc) is 2.72. The maximum absolute atomic E-state index is 11.5. The molecule has 1 heterocycles. The van der Waals surface area contributed by atoms with E-state index < -0.39 is 16.2 Å². The average molecular weight is 279 g/mol. The number of hydrogen-bond acceptors (Lipinski definition) is 6. The SMILES string of the molecule is COC(=O)c1sccc1NS(=O)(=O)NCCN. The second kappa shape index (κ2) is 5.96. The molecule has 4 N–H and O–H groups in total. The number of anilines is 1. The van der Waals surface area contributed by atoms with Gasteiger partial charge in [0.2, 0.25) is 0 Å². The summed E-state index contributed by atoms with van der Waals surface area (Å²) in [6, 6.07) is 1.48. The smallest absolute Gasteiger partial charge is 0.350 e. The van der Waals surface area contributed by atoms with Gasteiger partial charge in [-0.15, -0.1) is 11.3 Å². The summed E-state index contributed by atoms with van der Waals surface area (Å²) in [6.45, 7) is 0.307. The van der Waals surface area contributed by atoms with Crippen molar-refractivity contribution in [1.29, 1.82) is 0 Å². The van der Waals surface area contributed by atoms with Gasteiger partial charge in [0, 0.05) is 13.1 Å². The van der Waals surface area contributed by atoms with Crippen LogP contribution >= 0.6 is 11.3 Å². The summed E-state index contributed by atoms with van der Waals surface area (Å²) in [5.41, 5.74) is 5.37. The number of hydrogen-bond donors (Lipinski definition) is 3. The number of ether oxygens (including phenoxy) is 1. The molecule has 0 aliphatic heterocycles. The first-order valence-corrected chi connectivity index (χ1v) is 6.99. The Morgan fingerprint density at radius 3 is 2.88 bits per heavy atom. The van der Waals surface area contributed by atoms with Crippen LogP contribution in [0.25, 0.3) is 0 Å².